The topological polar surface area (TPSA) is 87.8 Å². The fourth-order valence-corrected chi connectivity index (χ4v) is 2.88. The molecule has 0 atom stereocenters. The van der Waals surface area contributed by atoms with E-state index in [2.05, 4.69) is 30.2 Å². The van der Waals surface area contributed by atoms with Gasteiger partial charge in [-0.15, -0.1) is 24.0 Å². The molecule has 2 aromatic rings. The zero-order valence-electron chi connectivity index (χ0n) is 15.3. The van der Waals surface area contributed by atoms with Gasteiger partial charge >= 0.3 is 0 Å². The van der Waals surface area contributed by atoms with Crippen LogP contribution in [-0.4, -0.2) is 35.8 Å². The van der Waals surface area contributed by atoms with Crippen LogP contribution >= 0.6 is 24.0 Å². The molecular weight excluding hydrogens is 455 g/mol. The predicted molar refractivity (Wildman–Crippen MR) is 118 cm³/mol. The first-order valence-electron chi connectivity index (χ1n) is 8.59. The molecule has 0 radical (unpaired) electrons. The molecule has 1 heterocycles. The Bertz CT molecular complexity index is 845. The number of benzene rings is 2. The molecule has 0 bridgehead atoms. The fourth-order valence-electron chi connectivity index (χ4n) is 2.88. The van der Waals surface area contributed by atoms with Crippen molar-refractivity contribution in [2.75, 3.05) is 18.4 Å². The lowest BCUT2D eigenvalue weighted by Crippen LogP contribution is -2.33. The molecule has 2 amide bonds. The highest BCUT2D eigenvalue weighted by Gasteiger charge is 2.34. The van der Waals surface area contributed by atoms with Gasteiger partial charge in [-0.05, 0) is 35.7 Å². The highest BCUT2D eigenvalue weighted by molar-refractivity contribution is 14.0. The van der Waals surface area contributed by atoms with Crippen molar-refractivity contribution < 1.29 is 9.59 Å². The summed E-state index contributed by atoms with van der Waals surface area (Å²) < 4.78 is 0. The van der Waals surface area contributed by atoms with Crippen LogP contribution in [0.3, 0.4) is 0 Å². The average Bonchev–Trinajstić information content (AvgIpc) is 2.87. The maximum absolute atomic E-state index is 12.3. The normalized spacial score (nSPS) is 13.6. The number of halogens is 1. The third-order valence-electron chi connectivity index (χ3n) is 4.31. The van der Waals surface area contributed by atoms with Crippen LogP contribution in [0.4, 0.5) is 5.69 Å². The number of nitrogens with zero attached hydrogens (tertiary/aromatic N) is 2. The summed E-state index contributed by atoms with van der Waals surface area (Å²) >= 11 is 0. The van der Waals surface area contributed by atoms with Crippen LogP contribution in [0.5, 0.6) is 0 Å². The summed E-state index contributed by atoms with van der Waals surface area (Å²) in [5.74, 6) is 0.111. The molecule has 0 saturated heterocycles. The Morgan fingerprint density at radius 3 is 2.30 bits per heavy atom. The molecule has 142 valence electrons. The van der Waals surface area contributed by atoms with Crippen LogP contribution in [-0.2, 0) is 0 Å². The lowest BCUT2D eigenvalue weighted by molar-refractivity contribution is 0.0659. The first-order chi connectivity index (χ1) is 12.5. The summed E-state index contributed by atoms with van der Waals surface area (Å²) in [6.45, 7) is 4.69. The first kappa shape index (κ1) is 20.9. The minimum atomic E-state index is -0.281. The molecule has 1 aliphatic rings. The van der Waals surface area contributed by atoms with Crippen molar-refractivity contribution in [2.45, 2.75) is 19.8 Å². The van der Waals surface area contributed by atoms with Gasteiger partial charge in [-0.25, -0.2) is 0 Å². The quantitative estimate of drug-likeness (QED) is 0.298. The Morgan fingerprint density at radius 1 is 1.07 bits per heavy atom. The molecule has 2 aromatic carbocycles. The van der Waals surface area contributed by atoms with E-state index in [1.165, 1.54) is 10.5 Å². The Hall–Kier alpha value is -2.42. The predicted octanol–water partition coefficient (Wildman–Crippen LogP) is 3.45. The van der Waals surface area contributed by atoms with Gasteiger partial charge in [-0.2, -0.15) is 0 Å². The number of carbonyl (C=O) groups is 2. The summed E-state index contributed by atoms with van der Waals surface area (Å²) in [5.41, 5.74) is 8.87. The molecule has 6 nitrogen and oxygen atoms in total. The first-order valence-corrected chi connectivity index (χ1v) is 8.59. The zero-order valence-corrected chi connectivity index (χ0v) is 17.6. The molecule has 1 aliphatic heterocycles. The summed E-state index contributed by atoms with van der Waals surface area (Å²) in [6, 6.07) is 14.8. The van der Waals surface area contributed by atoms with Crippen molar-refractivity contribution >= 4 is 47.4 Å². The molecule has 0 aliphatic carbocycles. The Kier molecular flexibility index (Phi) is 6.95. The van der Waals surface area contributed by atoms with E-state index in [1.807, 2.05) is 18.2 Å². The number of rotatable bonds is 5. The number of imide groups is 1. The number of hydrogen-bond donors (Lipinski definition) is 2. The second-order valence-corrected chi connectivity index (χ2v) is 6.48. The van der Waals surface area contributed by atoms with Crippen molar-refractivity contribution in [3.63, 3.8) is 0 Å². The van der Waals surface area contributed by atoms with Crippen LogP contribution in [0.2, 0.25) is 0 Å². The van der Waals surface area contributed by atoms with Gasteiger partial charge < -0.3 is 11.1 Å². The van der Waals surface area contributed by atoms with Crippen LogP contribution in [0.1, 0.15) is 46.0 Å². The molecule has 27 heavy (non-hydrogen) atoms. The van der Waals surface area contributed by atoms with Crippen LogP contribution in [0.25, 0.3) is 0 Å². The number of anilines is 1. The van der Waals surface area contributed by atoms with Gasteiger partial charge in [0.2, 0.25) is 0 Å². The zero-order chi connectivity index (χ0) is 18.7. The van der Waals surface area contributed by atoms with E-state index in [1.54, 1.807) is 24.3 Å². The standard InChI is InChI=1S/C20H22N4O2.HI/c1-13(2)14-6-5-7-15(12-14)23-20(21)22-10-11-24-18(25)16-8-3-4-9-17(16)19(24)26;/h3-9,12-13H,10-11H2,1-2H3,(H3,21,22,23);1H. The molecule has 7 heteroatoms. The molecule has 0 spiro atoms. The molecule has 3 N–H and O–H groups in total. The summed E-state index contributed by atoms with van der Waals surface area (Å²) in [5, 5.41) is 3.04. The minimum Gasteiger partial charge on any atom is -0.370 e. The smallest absolute Gasteiger partial charge is 0.261 e. The van der Waals surface area contributed by atoms with E-state index in [0.717, 1.165) is 5.69 Å². The lowest BCUT2D eigenvalue weighted by Gasteiger charge is -2.13. The van der Waals surface area contributed by atoms with Crippen LogP contribution < -0.4 is 11.1 Å². The van der Waals surface area contributed by atoms with E-state index in [-0.39, 0.29) is 54.8 Å². The van der Waals surface area contributed by atoms with E-state index in [0.29, 0.717) is 17.0 Å². The van der Waals surface area contributed by atoms with Gasteiger partial charge in [0.05, 0.1) is 17.7 Å². The van der Waals surface area contributed by atoms with Gasteiger partial charge in [0, 0.05) is 12.2 Å². The Morgan fingerprint density at radius 2 is 1.70 bits per heavy atom. The van der Waals surface area contributed by atoms with Crippen LogP contribution in [0.15, 0.2) is 53.5 Å². The van der Waals surface area contributed by atoms with Crippen molar-refractivity contribution in [2.24, 2.45) is 10.7 Å². The van der Waals surface area contributed by atoms with Crippen molar-refractivity contribution in [3.8, 4) is 0 Å². The number of nitrogens with two attached hydrogens (primary N) is 1. The number of aliphatic imine (C=N–C) groups is 1. The SMILES string of the molecule is CC(C)c1cccc(NC(N)=NCCN2C(=O)c3ccccc3C2=O)c1.I. The van der Waals surface area contributed by atoms with Crippen molar-refractivity contribution in [3.05, 3.63) is 65.2 Å². The largest absolute Gasteiger partial charge is 0.370 e. The summed E-state index contributed by atoms with van der Waals surface area (Å²) in [4.78, 5) is 30.0. The number of guanidine groups is 1. The highest BCUT2D eigenvalue weighted by atomic mass is 127. The number of carbonyl (C=O) groups excluding carboxylic acids is 2. The Balaban J connectivity index is 0.00000261. The van der Waals surface area contributed by atoms with E-state index >= 15 is 0 Å². The number of fused-ring (bicyclic) bond motifs is 1. The van der Waals surface area contributed by atoms with Gasteiger partial charge in [0.15, 0.2) is 5.96 Å². The van der Waals surface area contributed by atoms with Crippen LogP contribution in [0, 0.1) is 0 Å². The Labute approximate surface area is 175 Å². The molecule has 0 unspecified atom stereocenters. The van der Waals surface area contributed by atoms with Crippen molar-refractivity contribution in [1.29, 1.82) is 0 Å². The van der Waals surface area contributed by atoms with Gasteiger partial charge in [-0.1, -0.05) is 38.1 Å². The summed E-state index contributed by atoms with van der Waals surface area (Å²) in [6.07, 6.45) is 0. The number of nitrogens with one attached hydrogen (secondary N) is 1. The molecular formula is C20H23IN4O2. The lowest BCUT2D eigenvalue weighted by atomic mass is 10.0. The third-order valence-corrected chi connectivity index (χ3v) is 4.31. The second-order valence-electron chi connectivity index (χ2n) is 6.48. The average molecular weight is 478 g/mol. The van der Waals surface area contributed by atoms with Gasteiger partial charge in [-0.3, -0.25) is 19.5 Å². The molecule has 0 saturated carbocycles. The highest BCUT2D eigenvalue weighted by Crippen LogP contribution is 2.22. The summed E-state index contributed by atoms with van der Waals surface area (Å²) in [7, 11) is 0. The second kappa shape index (κ2) is 8.98. The van der Waals surface area contributed by atoms with Crippen molar-refractivity contribution in [1.82, 2.24) is 4.90 Å². The fraction of sp³-hybridized carbons (Fsp3) is 0.250. The van der Waals surface area contributed by atoms with E-state index in [4.69, 9.17) is 5.73 Å². The monoisotopic (exact) mass is 478 g/mol. The molecule has 3 rings (SSSR count). The van der Waals surface area contributed by atoms with E-state index < -0.39 is 0 Å². The molecule has 0 aromatic heterocycles. The van der Waals surface area contributed by atoms with Gasteiger partial charge in [0.1, 0.15) is 0 Å². The van der Waals surface area contributed by atoms with Gasteiger partial charge in [0.25, 0.3) is 11.8 Å². The molecule has 0 fully saturated rings. The number of hydrogen-bond acceptors (Lipinski definition) is 3. The maximum Gasteiger partial charge on any atom is 0.261 e. The third kappa shape index (κ3) is 4.65. The minimum absolute atomic E-state index is 0. The number of amides is 2. The maximum atomic E-state index is 12.3. The van der Waals surface area contributed by atoms with E-state index in [9.17, 15) is 9.59 Å².